The first-order chi connectivity index (χ1) is 14.8. The molecule has 0 aliphatic heterocycles. The summed E-state index contributed by atoms with van der Waals surface area (Å²) in [5.74, 6) is 0.412. The number of fused-ring (bicyclic) bond motifs is 2. The molecular formula is C27H38O4. The zero-order chi connectivity index (χ0) is 22.2. The van der Waals surface area contributed by atoms with Gasteiger partial charge in [0.2, 0.25) is 0 Å². The fourth-order valence-electron chi connectivity index (χ4n) is 9.54. The standard InChI is InChI=1S/C27H38O4/c1-16(2)22-12-19-13-25(15-28)21-10-9-17(3)20(21)14-26(19,27(22,25)24(30)31)23(29)11-18-7-5-4-6-8-18/h12,15-21H,4-11,13-14H2,1-3H3,(H,30,31)/t17-,19+,20-,21-,25+,26-,27+/m1/s1. The predicted octanol–water partition coefficient (Wildman–Crippen LogP) is 5.45. The zero-order valence-electron chi connectivity index (χ0n) is 19.4. The fraction of sp³-hybridized carbons (Fsp3) is 0.815. The van der Waals surface area contributed by atoms with E-state index in [4.69, 9.17) is 0 Å². The average molecular weight is 427 g/mol. The Morgan fingerprint density at radius 3 is 2.45 bits per heavy atom. The lowest BCUT2D eigenvalue weighted by Crippen LogP contribution is -2.64. The molecule has 0 aromatic heterocycles. The molecule has 0 saturated heterocycles. The summed E-state index contributed by atoms with van der Waals surface area (Å²) in [7, 11) is 0. The zero-order valence-corrected chi connectivity index (χ0v) is 19.4. The maximum atomic E-state index is 14.3. The van der Waals surface area contributed by atoms with E-state index >= 15 is 0 Å². The van der Waals surface area contributed by atoms with Gasteiger partial charge in [-0.1, -0.05) is 70.9 Å². The molecule has 0 amide bonds. The van der Waals surface area contributed by atoms with E-state index in [2.05, 4.69) is 13.0 Å². The lowest BCUT2D eigenvalue weighted by molar-refractivity contribution is -0.183. The van der Waals surface area contributed by atoms with Crippen LogP contribution in [0.15, 0.2) is 11.6 Å². The van der Waals surface area contributed by atoms with Gasteiger partial charge in [-0.2, -0.15) is 0 Å². The van der Waals surface area contributed by atoms with Crippen molar-refractivity contribution in [3.8, 4) is 0 Å². The topological polar surface area (TPSA) is 71.4 Å². The highest BCUT2D eigenvalue weighted by Gasteiger charge is 2.86. The number of carboxylic acids is 1. The van der Waals surface area contributed by atoms with Gasteiger partial charge in [-0.15, -0.1) is 0 Å². The molecule has 5 aliphatic carbocycles. The van der Waals surface area contributed by atoms with Gasteiger partial charge in [-0.25, -0.2) is 0 Å². The van der Waals surface area contributed by atoms with Gasteiger partial charge >= 0.3 is 5.97 Å². The fourth-order valence-corrected chi connectivity index (χ4v) is 9.54. The van der Waals surface area contributed by atoms with Crippen molar-refractivity contribution in [3.05, 3.63) is 11.6 Å². The molecule has 4 bridgehead atoms. The van der Waals surface area contributed by atoms with E-state index in [0.717, 1.165) is 37.5 Å². The van der Waals surface area contributed by atoms with Crippen LogP contribution < -0.4 is 0 Å². The van der Waals surface area contributed by atoms with Crippen molar-refractivity contribution < 1.29 is 19.5 Å². The van der Waals surface area contributed by atoms with E-state index in [1.54, 1.807) is 0 Å². The van der Waals surface area contributed by atoms with Gasteiger partial charge in [0.1, 0.15) is 17.5 Å². The summed E-state index contributed by atoms with van der Waals surface area (Å²) in [4.78, 5) is 40.7. The minimum Gasteiger partial charge on any atom is -0.481 e. The third-order valence-electron chi connectivity index (χ3n) is 10.6. The molecule has 4 heteroatoms. The maximum absolute atomic E-state index is 14.3. The number of carbonyl (C=O) groups excluding carboxylic acids is 2. The quantitative estimate of drug-likeness (QED) is 0.453. The van der Waals surface area contributed by atoms with Gasteiger partial charge in [0, 0.05) is 6.42 Å². The first-order valence-electron chi connectivity index (χ1n) is 12.7. The molecule has 0 aromatic rings. The lowest BCUT2D eigenvalue weighted by Gasteiger charge is -2.58. The van der Waals surface area contributed by atoms with Gasteiger partial charge in [0.15, 0.2) is 0 Å². The summed E-state index contributed by atoms with van der Waals surface area (Å²) >= 11 is 0. The van der Waals surface area contributed by atoms with Crippen molar-refractivity contribution in [1.29, 1.82) is 0 Å². The number of hydrogen-bond donors (Lipinski definition) is 1. The van der Waals surface area contributed by atoms with Crippen LogP contribution in [0.5, 0.6) is 0 Å². The highest BCUT2D eigenvalue weighted by Crippen LogP contribution is 2.83. The first-order valence-corrected chi connectivity index (χ1v) is 12.7. The highest BCUT2D eigenvalue weighted by molar-refractivity contribution is 6.01. The number of ketones is 1. The van der Waals surface area contributed by atoms with E-state index in [0.29, 0.717) is 31.1 Å². The van der Waals surface area contributed by atoms with Crippen molar-refractivity contribution in [3.63, 3.8) is 0 Å². The molecule has 4 fully saturated rings. The van der Waals surface area contributed by atoms with Crippen LogP contribution in [0.1, 0.15) is 85.0 Å². The van der Waals surface area contributed by atoms with Gasteiger partial charge in [-0.3, -0.25) is 9.59 Å². The maximum Gasteiger partial charge on any atom is 0.315 e. The van der Waals surface area contributed by atoms with Crippen LogP contribution in [0.3, 0.4) is 0 Å². The number of allylic oxidation sites excluding steroid dienone is 1. The van der Waals surface area contributed by atoms with Crippen molar-refractivity contribution in [2.75, 3.05) is 0 Å². The van der Waals surface area contributed by atoms with Gasteiger partial charge in [0.05, 0.1) is 10.8 Å². The van der Waals surface area contributed by atoms with Crippen molar-refractivity contribution >= 4 is 18.0 Å². The molecule has 31 heavy (non-hydrogen) atoms. The second-order valence-electron chi connectivity index (χ2n) is 11.9. The monoisotopic (exact) mass is 426 g/mol. The summed E-state index contributed by atoms with van der Waals surface area (Å²) in [5.41, 5.74) is -2.31. The summed E-state index contributed by atoms with van der Waals surface area (Å²) in [6, 6.07) is 0. The molecule has 4 saturated carbocycles. The number of carboxylic acid groups (broad SMARTS) is 1. The summed E-state index contributed by atoms with van der Waals surface area (Å²) in [6.07, 6.45) is 12.6. The van der Waals surface area contributed by atoms with Gasteiger partial charge in [0.25, 0.3) is 0 Å². The molecule has 4 nitrogen and oxygen atoms in total. The number of rotatable bonds is 6. The lowest BCUT2D eigenvalue weighted by atomic mass is 9.41. The second-order valence-corrected chi connectivity index (χ2v) is 11.9. The molecular weight excluding hydrogens is 388 g/mol. The SMILES string of the molecule is CC(C)C1=C[C@H]2C[C@]3(C=O)[C@@H]4CC[C@@H](C)[C@H]4C[C@@]2(C(=O)CC2CCCCC2)[C@]13C(=O)O. The third-order valence-corrected chi connectivity index (χ3v) is 10.6. The van der Waals surface area contributed by atoms with E-state index in [1.807, 2.05) is 13.8 Å². The Balaban J connectivity index is 1.69. The minimum atomic E-state index is -1.34. The summed E-state index contributed by atoms with van der Waals surface area (Å²) < 4.78 is 0. The van der Waals surface area contributed by atoms with Crippen LogP contribution in [-0.4, -0.2) is 23.1 Å². The Bertz CT molecular complexity index is 836. The Morgan fingerprint density at radius 1 is 1.13 bits per heavy atom. The number of aliphatic carboxylic acids is 1. The number of Topliss-reactive ketones (excluding diaryl/α,β-unsaturated/α-hetero) is 1. The van der Waals surface area contributed by atoms with E-state index in [9.17, 15) is 19.5 Å². The molecule has 0 unspecified atom stereocenters. The van der Waals surface area contributed by atoms with Crippen LogP contribution in [0.2, 0.25) is 0 Å². The molecule has 0 heterocycles. The highest BCUT2D eigenvalue weighted by atomic mass is 16.4. The van der Waals surface area contributed by atoms with Crippen molar-refractivity contribution in [1.82, 2.24) is 0 Å². The van der Waals surface area contributed by atoms with E-state index in [1.165, 1.54) is 19.3 Å². The largest absolute Gasteiger partial charge is 0.481 e. The number of carbonyl (C=O) groups is 3. The van der Waals surface area contributed by atoms with Crippen LogP contribution in [0.25, 0.3) is 0 Å². The summed E-state index contributed by atoms with van der Waals surface area (Å²) in [6.45, 7) is 6.33. The molecule has 170 valence electrons. The minimum absolute atomic E-state index is 0.0259. The Kier molecular flexibility index (Phi) is 4.85. The molecule has 7 atom stereocenters. The van der Waals surface area contributed by atoms with Crippen LogP contribution >= 0.6 is 0 Å². The molecule has 1 N–H and O–H groups in total. The average Bonchev–Trinajstić information content (AvgIpc) is 3.32. The van der Waals surface area contributed by atoms with Crippen LogP contribution in [-0.2, 0) is 14.4 Å². The first kappa shape index (κ1) is 21.4. The smallest absolute Gasteiger partial charge is 0.315 e. The molecule has 0 spiro atoms. The molecule has 5 aliphatic rings. The molecule has 0 radical (unpaired) electrons. The van der Waals surface area contributed by atoms with Gasteiger partial charge in [-0.05, 0) is 54.8 Å². The van der Waals surface area contributed by atoms with E-state index < -0.39 is 22.2 Å². The van der Waals surface area contributed by atoms with Crippen LogP contribution in [0.4, 0.5) is 0 Å². The van der Waals surface area contributed by atoms with Gasteiger partial charge < -0.3 is 9.90 Å². The number of aldehydes is 1. The summed E-state index contributed by atoms with van der Waals surface area (Å²) in [5, 5.41) is 11.0. The van der Waals surface area contributed by atoms with Crippen LogP contribution in [0, 0.1) is 51.8 Å². The normalized spacial score (nSPS) is 46.1. The predicted molar refractivity (Wildman–Crippen MR) is 118 cm³/mol. The Morgan fingerprint density at radius 2 is 1.84 bits per heavy atom. The van der Waals surface area contributed by atoms with E-state index in [-0.39, 0.29) is 29.5 Å². The number of hydrogen-bond acceptors (Lipinski definition) is 3. The third kappa shape index (κ3) is 2.35. The molecule has 0 aromatic carbocycles. The van der Waals surface area contributed by atoms with Crippen molar-refractivity contribution in [2.24, 2.45) is 51.8 Å². The van der Waals surface area contributed by atoms with Crippen molar-refractivity contribution in [2.45, 2.75) is 85.0 Å². The second kappa shape index (κ2) is 7.02. The Labute approximate surface area is 186 Å². The Hall–Kier alpha value is -1.45. The molecule has 5 rings (SSSR count).